The zero-order chi connectivity index (χ0) is 21.1. The standard InChI is InChI=1S/C20H25ClN2O3S2/c1-20(2,3)22-28(25,26)18-12-15(8-11-17(18)21)19(24)23(4)13-14-6-9-16(27-5)10-7-14/h6-12,22H,13H2,1-5H3. The molecule has 0 aromatic heterocycles. The van der Waals surface area contributed by atoms with Gasteiger partial charge in [-0.3, -0.25) is 4.79 Å². The normalized spacial score (nSPS) is 12.1. The summed E-state index contributed by atoms with van der Waals surface area (Å²) in [6.07, 6.45) is 2.01. The monoisotopic (exact) mass is 440 g/mol. The minimum atomic E-state index is -3.85. The Morgan fingerprint density at radius 2 is 1.75 bits per heavy atom. The van der Waals surface area contributed by atoms with Crippen LogP contribution in [0.25, 0.3) is 0 Å². The Labute approximate surface area is 176 Å². The van der Waals surface area contributed by atoms with Gasteiger partial charge in [-0.1, -0.05) is 23.7 Å². The Hall–Kier alpha value is -1.54. The zero-order valence-corrected chi connectivity index (χ0v) is 19.0. The van der Waals surface area contributed by atoms with Gasteiger partial charge < -0.3 is 4.90 Å². The van der Waals surface area contributed by atoms with Gasteiger partial charge in [0.05, 0.1) is 5.02 Å². The van der Waals surface area contributed by atoms with E-state index in [1.54, 1.807) is 44.5 Å². The maximum absolute atomic E-state index is 12.8. The first kappa shape index (κ1) is 22.7. The van der Waals surface area contributed by atoms with Crippen LogP contribution < -0.4 is 4.72 Å². The van der Waals surface area contributed by atoms with Crippen LogP contribution in [0, 0.1) is 0 Å². The van der Waals surface area contributed by atoms with Crippen molar-refractivity contribution in [2.24, 2.45) is 0 Å². The smallest absolute Gasteiger partial charge is 0.253 e. The Morgan fingerprint density at radius 1 is 1.14 bits per heavy atom. The van der Waals surface area contributed by atoms with Crippen LogP contribution in [0.2, 0.25) is 5.02 Å². The molecular formula is C20H25ClN2O3S2. The van der Waals surface area contributed by atoms with E-state index in [1.807, 2.05) is 30.5 Å². The molecule has 2 rings (SSSR count). The lowest BCUT2D eigenvalue weighted by Crippen LogP contribution is -2.40. The van der Waals surface area contributed by atoms with Crippen LogP contribution in [0.3, 0.4) is 0 Å². The van der Waals surface area contributed by atoms with E-state index in [0.29, 0.717) is 6.54 Å². The van der Waals surface area contributed by atoms with Crippen molar-refractivity contribution in [2.45, 2.75) is 42.6 Å². The summed E-state index contributed by atoms with van der Waals surface area (Å²) in [6.45, 7) is 5.63. The SMILES string of the molecule is CSc1ccc(CN(C)C(=O)c2ccc(Cl)c(S(=O)(=O)NC(C)(C)C)c2)cc1. The summed E-state index contributed by atoms with van der Waals surface area (Å²) in [5.74, 6) is -0.280. The van der Waals surface area contributed by atoms with Gasteiger partial charge in [0, 0.05) is 29.6 Å². The van der Waals surface area contributed by atoms with Crippen molar-refractivity contribution in [3.63, 3.8) is 0 Å². The Kier molecular flexibility index (Phi) is 7.20. The third-order valence-corrected chi connectivity index (χ3v) is 6.82. The number of benzene rings is 2. The molecule has 0 bridgehead atoms. The van der Waals surface area contributed by atoms with E-state index in [9.17, 15) is 13.2 Å². The summed E-state index contributed by atoms with van der Waals surface area (Å²) >= 11 is 7.76. The highest BCUT2D eigenvalue weighted by atomic mass is 35.5. The van der Waals surface area contributed by atoms with Gasteiger partial charge in [0.25, 0.3) is 5.91 Å². The van der Waals surface area contributed by atoms with Crippen LogP contribution in [-0.4, -0.2) is 38.1 Å². The minimum Gasteiger partial charge on any atom is -0.337 e. The van der Waals surface area contributed by atoms with Crippen molar-refractivity contribution in [3.8, 4) is 0 Å². The van der Waals surface area contributed by atoms with Crippen LogP contribution in [0.1, 0.15) is 36.7 Å². The summed E-state index contributed by atoms with van der Waals surface area (Å²) in [5, 5.41) is 0.0728. The van der Waals surface area contributed by atoms with Crippen LogP contribution in [0.4, 0.5) is 0 Å². The van der Waals surface area contributed by atoms with E-state index in [-0.39, 0.29) is 21.4 Å². The van der Waals surface area contributed by atoms with Crippen molar-refractivity contribution in [3.05, 3.63) is 58.6 Å². The summed E-state index contributed by atoms with van der Waals surface area (Å²) in [6, 6.07) is 12.3. The fourth-order valence-corrected chi connectivity index (χ4v) is 4.95. The predicted molar refractivity (Wildman–Crippen MR) is 116 cm³/mol. The second-order valence-electron chi connectivity index (χ2n) is 7.51. The third kappa shape index (κ3) is 5.98. The first-order valence-electron chi connectivity index (χ1n) is 8.65. The van der Waals surface area contributed by atoms with Crippen LogP contribution in [-0.2, 0) is 16.6 Å². The van der Waals surface area contributed by atoms with Crippen molar-refractivity contribution in [1.82, 2.24) is 9.62 Å². The van der Waals surface area contributed by atoms with Crippen LogP contribution in [0.5, 0.6) is 0 Å². The molecule has 5 nitrogen and oxygen atoms in total. The number of nitrogens with zero attached hydrogens (tertiary/aromatic N) is 1. The number of halogens is 1. The molecule has 0 atom stereocenters. The number of sulfonamides is 1. The fraction of sp³-hybridized carbons (Fsp3) is 0.350. The highest BCUT2D eigenvalue weighted by Crippen LogP contribution is 2.25. The van der Waals surface area contributed by atoms with Crippen molar-refractivity contribution in [1.29, 1.82) is 0 Å². The van der Waals surface area contributed by atoms with Gasteiger partial charge in [-0.2, -0.15) is 0 Å². The van der Waals surface area contributed by atoms with E-state index < -0.39 is 15.6 Å². The number of carbonyl (C=O) groups is 1. The molecule has 1 N–H and O–H groups in total. The van der Waals surface area contributed by atoms with Gasteiger partial charge in [0.15, 0.2) is 0 Å². The molecule has 28 heavy (non-hydrogen) atoms. The molecule has 0 unspecified atom stereocenters. The minimum absolute atomic E-state index is 0.0728. The van der Waals surface area contributed by atoms with Gasteiger partial charge in [0.2, 0.25) is 10.0 Å². The predicted octanol–water partition coefficient (Wildman–Crippen LogP) is 4.41. The molecule has 0 heterocycles. The number of rotatable bonds is 6. The number of hydrogen-bond donors (Lipinski definition) is 1. The molecule has 2 aromatic rings. The molecule has 0 radical (unpaired) electrons. The lowest BCUT2D eigenvalue weighted by molar-refractivity contribution is 0.0785. The number of hydrogen-bond acceptors (Lipinski definition) is 4. The number of carbonyl (C=O) groups excluding carboxylic acids is 1. The van der Waals surface area contributed by atoms with Gasteiger partial charge in [-0.15, -0.1) is 11.8 Å². The average Bonchev–Trinajstić information content (AvgIpc) is 2.60. The van der Waals surface area contributed by atoms with Crippen molar-refractivity contribution in [2.75, 3.05) is 13.3 Å². The van der Waals surface area contributed by atoms with E-state index in [0.717, 1.165) is 10.5 Å². The largest absolute Gasteiger partial charge is 0.337 e. The second-order valence-corrected chi connectivity index (χ2v) is 10.4. The first-order valence-corrected chi connectivity index (χ1v) is 11.7. The van der Waals surface area contributed by atoms with Crippen molar-refractivity contribution >= 4 is 39.3 Å². The highest BCUT2D eigenvalue weighted by molar-refractivity contribution is 7.98. The summed E-state index contributed by atoms with van der Waals surface area (Å²) < 4.78 is 27.8. The molecule has 0 saturated heterocycles. The molecule has 0 aliphatic heterocycles. The summed E-state index contributed by atoms with van der Waals surface area (Å²) in [5.41, 5.74) is 0.591. The molecule has 1 amide bonds. The fourth-order valence-electron chi connectivity index (χ4n) is 2.60. The van der Waals surface area contributed by atoms with Crippen LogP contribution in [0.15, 0.2) is 52.3 Å². The Bertz CT molecular complexity index is 952. The topological polar surface area (TPSA) is 66.5 Å². The number of nitrogens with one attached hydrogen (secondary N) is 1. The first-order chi connectivity index (χ1) is 12.9. The van der Waals surface area contributed by atoms with Gasteiger partial charge >= 0.3 is 0 Å². The molecule has 8 heteroatoms. The third-order valence-electron chi connectivity index (χ3n) is 3.83. The molecule has 152 valence electrons. The molecule has 0 fully saturated rings. The highest BCUT2D eigenvalue weighted by Gasteiger charge is 2.26. The van der Waals surface area contributed by atoms with Crippen molar-refractivity contribution < 1.29 is 13.2 Å². The quantitative estimate of drug-likeness (QED) is 0.675. The average molecular weight is 441 g/mol. The maximum Gasteiger partial charge on any atom is 0.253 e. The number of amides is 1. The second kappa shape index (κ2) is 8.86. The molecule has 0 aliphatic carbocycles. The Balaban J connectivity index is 2.25. The van der Waals surface area contributed by atoms with E-state index in [1.165, 1.54) is 18.2 Å². The summed E-state index contributed by atoms with van der Waals surface area (Å²) in [7, 11) is -2.17. The molecular weight excluding hydrogens is 416 g/mol. The zero-order valence-electron chi connectivity index (χ0n) is 16.6. The lowest BCUT2D eigenvalue weighted by atomic mass is 10.1. The lowest BCUT2D eigenvalue weighted by Gasteiger charge is -2.22. The maximum atomic E-state index is 12.8. The van der Waals surface area contributed by atoms with E-state index in [4.69, 9.17) is 11.6 Å². The van der Waals surface area contributed by atoms with Gasteiger partial charge in [-0.05, 0) is 62.9 Å². The molecule has 0 spiro atoms. The van der Waals surface area contributed by atoms with Crippen LogP contribution >= 0.6 is 23.4 Å². The molecule has 2 aromatic carbocycles. The number of thioether (sulfide) groups is 1. The van der Waals surface area contributed by atoms with Gasteiger partial charge in [0.1, 0.15) is 4.90 Å². The van der Waals surface area contributed by atoms with E-state index in [2.05, 4.69) is 4.72 Å². The van der Waals surface area contributed by atoms with Gasteiger partial charge in [-0.25, -0.2) is 13.1 Å². The molecule has 0 saturated carbocycles. The summed E-state index contributed by atoms with van der Waals surface area (Å²) in [4.78, 5) is 15.4. The Morgan fingerprint density at radius 3 is 2.29 bits per heavy atom. The van der Waals surface area contributed by atoms with E-state index >= 15 is 0 Å². The molecule has 0 aliphatic rings.